The molecule has 1 aliphatic heterocycles. The monoisotopic (exact) mass is 658 g/mol. The molecule has 0 saturated carbocycles. The number of imide groups is 1. The standard InChI is InChI=1S/C37H47N5O6/c1-6-34(44)42(36(46)25(4)38)21-29(41(23-42)33-18-12-16-28-15-10-11-17-30(28)33)20-32(35(45)39-31(26(5)43)19-24(2)3)40-37(47)48-22-27-13-8-7-9-14-27/h7-18,21,24-26,31-32,43H,6,19-20,22-23,38H2,1-5H3,(H-,39,40,45,47)/p+1/t25-,26-,31-,32+,42?/m0/s1. The Labute approximate surface area is 282 Å². The van der Waals surface area contributed by atoms with Crippen molar-refractivity contribution in [1.82, 2.24) is 10.6 Å². The normalized spacial score (nSPS) is 18.5. The van der Waals surface area contributed by atoms with Gasteiger partial charge in [-0.2, -0.15) is 4.48 Å². The van der Waals surface area contributed by atoms with Gasteiger partial charge >= 0.3 is 17.9 Å². The van der Waals surface area contributed by atoms with Crippen LogP contribution in [0.1, 0.15) is 59.4 Å². The summed E-state index contributed by atoms with van der Waals surface area (Å²) in [5.41, 5.74) is 8.08. The number of alkyl carbamates (subject to hydrolysis) is 1. The number of nitrogens with two attached hydrogens (primary N) is 1. The highest BCUT2D eigenvalue weighted by Crippen LogP contribution is 2.37. The summed E-state index contributed by atoms with van der Waals surface area (Å²) < 4.78 is 4.82. The van der Waals surface area contributed by atoms with Crippen molar-refractivity contribution in [3.05, 3.63) is 90.3 Å². The molecule has 1 heterocycles. The molecule has 11 heteroatoms. The number of anilines is 1. The molecule has 48 heavy (non-hydrogen) atoms. The highest BCUT2D eigenvalue weighted by atomic mass is 16.5. The molecule has 5 atom stereocenters. The predicted molar refractivity (Wildman–Crippen MR) is 185 cm³/mol. The molecule has 3 aromatic carbocycles. The maximum absolute atomic E-state index is 14.0. The SMILES string of the molecule is CCC(=O)[N+]1(C(=O)[C@H](C)N)C=C(C[C@@H](NC(=O)OCc2ccccc2)C(=O)N[C@@H](CC(C)C)[C@H](C)O)N(c2cccc3ccccc23)C1. The molecule has 0 aromatic heterocycles. The van der Waals surface area contributed by atoms with Gasteiger partial charge in [0.15, 0.2) is 6.67 Å². The van der Waals surface area contributed by atoms with Gasteiger partial charge in [0, 0.05) is 11.8 Å². The van der Waals surface area contributed by atoms with Crippen LogP contribution in [0.4, 0.5) is 10.5 Å². The molecule has 0 fully saturated rings. The zero-order valence-corrected chi connectivity index (χ0v) is 28.4. The lowest BCUT2D eigenvalue weighted by Crippen LogP contribution is -2.58. The molecule has 3 aromatic rings. The minimum Gasteiger partial charge on any atom is -0.445 e. The van der Waals surface area contributed by atoms with Crippen molar-refractivity contribution >= 4 is 40.3 Å². The zero-order chi connectivity index (χ0) is 35.0. The van der Waals surface area contributed by atoms with E-state index in [0.29, 0.717) is 12.1 Å². The molecule has 1 aliphatic rings. The van der Waals surface area contributed by atoms with E-state index in [1.54, 1.807) is 27.0 Å². The van der Waals surface area contributed by atoms with E-state index in [1.165, 1.54) is 0 Å². The molecule has 4 amide bonds. The second-order valence-electron chi connectivity index (χ2n) is 12.9. The average molecular weight is 659 g/mol. The highest BCUT2D eigenvalue weighted by molar-refractivity contribution is 5.96. The van der Waals surface area contributed by atoms with Crippen molar-refractivity contribution < 1.29 is 33.5 Å². The summed E-state index contributed by atoms with van der Waals surface area (Å²) in [5, 5.41) is 18.0. The summed E-state index contributed by atoms with van der Waals surface area (Å²) >= 11 is 0. The fraction of sp³-hybridized carbons (Fsp3) is 0.405. The van der Waals surface area contributed by atoms with E-state index in [-0.39, 0.29) is 37.9 Å². The third-order valence-corrected chi connectivity index (χ3v) is 8.54. The molecule has 11 nitrogen and oxygen atoms in total. The number of hydrogen-bond acceptors (Lipinski definition) is 8. The van der Waals surface area contributed by atoms with Gasteiger partial charge in [-0.25, -0.2) is 14.4 Å². The maximum atomic E-state index is 14.0. The first-order valence-electron chi connectivity index (χ1n) is 16.5. The van der Waals surface area contributed by atoms with Crippen LogP contribution in [-0.4, -0.2) is 64.3 Å². The molecule has 0 aliphatic carbocycles. The molecule has 0 radical (unpaired) electrons. The number of carbonyl (C=O) groups is 4. The number of benzene rings is 3. The molecular weight excluding hydrogens is 610 g/mol. The van der Waals surface area contributed by atoms with Crippen LogP contribution < -0.4 is 21.3 Å². The van der Waals surface area contributed by atoms with Crippen LogP contribution in [0.25, 0.3) is 10.8 Å². The van der Waals surface area contributed by atoms with Gasteiger partial charge in [0.1, 0.15) is 24.9 Å². The second kappa shape index (κ2) is 16.0. The Morgan fingerprint density at radius 1 is 0.938 bits per heavy atom. The number of carbonyl (C=O) groups excluding carboxylic acids is 4. The summed E-state index contributed by atoms with van der Waals surface area (Å²) in [7, 11) is 0. The number of quaternary nitrogens is 1. The van der Waals surface area contributed by atoms with E-state index in [9.17, 15) is 24.3 Å². The van der Waals surface area contributed by atoms with Gasteiger partial charge in [0.2, 0.25) is 5.91 Å². The van der Waals surface area contributed by atoms with Gasteiger partial charge in [0.05, 0.1) is 30.0 Å². The first-order chi connectivity index (χ1) is 22.9. The number of aliphatic hydroxyl groups excluding tert-OH is 1. The maximum Gasteiger partial charge on any atom is 0.408 e. The number of hydrogen-bond donors (Lipinski definition) is 4. The number of rotatable bonds is 13. The molecule has 256 valence electrons. The first kappa shape index (κ1) is 36.3. The fourth-order valence-corrected chi connectivity index (χ4v) is 6.06. The fourth-order valence-electron chi connectivity index (χ4n) is 6.06. The average Bonchev–Trinajstić information content (AvgIpc) is 3.45. The van der Waals surface area contributed by atoms with Gasteiger partial charge in [-0.1, -0.05) is 87.5 Å². The number of ether oxygens (including phenoxy) is 1. The predicted octanol–water partition coefficient (Wildman–Crippen LogP) is 4.68. The van der Waals surface area contributed by atoms with Gasteiger partial charge in [-0.15, -0.1) is 0 Å². The Morgan fingerprint density at radius 3 is 2.25 bits per heavy atom. The smallest absolute Gasteiger partial charge is 0.408 e. The Kier molecular flexibility index (Phi) is 12.1. The largest absolute Gasteiger partial charge is 0.445 e. The van der Waals surface area contributed by atoms with E-state index in [2.05, 4.69) is 10.6 Å². The van der Waals surface area contributed by atoms with Crippen molar-refractivity contribution in [3.63, 3.8) is 0 Å². The zero-order valence-electron chi connectivity index (χ0n) is 28.4. The molecule has 1 unspecified atom stereocenters. The topological polar surface area (TPSA) is 151 Å². The minimum absolute atomic E-state index is 0.0105. The van der Waals surface area contributed by atoms with E-state index < -0.39 is 46.6 Å². The van der Waals surface area contributed by atoms with Crippen LogP contribution in [0.15, 0.2) is 84.7 Å². The summed E-state index contributed by atoms with van der Waals surface area (Å²) in [6.07, 6.45) is 0.390. The van der Waals surface area contributed by atoms with E-state index in [0.717, 1.165) is 22.0 Å². The molecule has 0 saturated heterocycles. The van der Waals surface area contributed by atoms with Crippen molar-refractivity contribution in [2.45, 2.75) is 84.7 Å². The van der Waals surface area contributed by atoms with Gasteiger partial charge < -0.3 is 26.2 Å². The van der Waals surface area contributed by atoms with Crippen molar-refractivity contribution in [3.8, 4) is 0 Å². The van der Waals surface area contributed by atoms with Crippen LogP contribution >= 0.6 is 0 Å². The Hall–Kier alpha value is -4.58. The van der Waals surface area contributed by atoms with Crippen LogP contribution in [-0.2, 0) is 25.7 Å². The highest BCUT2D eigenvalue weighted by Gasteiger charge is 2.51. The van der Waals surface area contributed by atoms with Crippen LogP contribution in [0, 0.1) is 5.92 Å². The molecule has 0 bridgehead atoms. The lowest BCUT2D eigenvalue weighted by atomic mass is 9.99. The molecule has 4 rings (SSSR count). The Bertz CT molecular complexity index is 1630. The number of aliphatic hydroxyl groups is 1. The van der Waals surface area contributed by atoms with Crippen molar-refractivity contribution in [2.24, 2.45) is 11.7 Å². The van der Waals surface area contributed by atoms with Crippen LogP contribution in [0.3, 0.4) is 0 Å². The quantitative estimate of drug-likeness (QED) is 0.193. The number of nitrogens with zero attached hydrogens (tertiary/aromatic N) is 2. The Balaban J connectivity index is 1.77. The molecule has 0 spiro atoms. The lowest BCUT2D eigenvalue weighted by Gasteiger charge is -2.30. The summed E-state index contributed by atoms with van der Waals surface area (Å²) in [4.78, 5) is 56.4. The van der Waals surface area contributed by atoms with Crippen LogP contribution in [0.2, 0.25) is 0 Å². The van der Waals surface area contributed by atoms with E-state index in [1.807, 2.05) is 91.5 Å². The van der Waals surface area contributed by atoms with Gasteiger partial charge in [-0.3, -0.25) is 9.69 Å². The Morgan fingerprint density at radius 2 is 1.60 bits per heavy atom. The van der Waals surface area contributed by atoms with Crippen LogP contribution in [0.5, 0.6) is 0 Å². The van der Waals surface area contributed by atoms with Gasteiger partial charge in [0.25, 0.3) is 0 Å². The molecule has 5 N–H and O–H groups in total. The number of amides is 4. The van der Waals surface area contributed by atoms with Crippen molar-refractivity contribution in [1.29, 1.82) is 0 Å². The second-order valence-corrected chi connectivity index (χ2v) is 12.9. The molecular formula is C37H48N5O6+. The van der Waals surface area contributed by atoms with E-state index in [4.69, 9.17) is 10.5 Å². The van der Waals surface area contributed by atoms with Gasteiger partial charge in [-0.05, 0) is 43.2 Å². The summed E-state index contributed by atoms with van der Waals surface area (Å²) in [6, 6.07) is 19.9. The summed E-state index contributed by atoms with van der Waals surface area (Å²) in [5.74, 6) is -1.19. The number of fused-ring (bicyclic) bond motifs is 1. The minimum atomic E-state index is -1.19. The number of nitrogens with one attached hydrogen (secondary N) is 2. The third kappa shape index (κ3) is 8.46. The van der Waals surface area contributed by atoms with E-state index >= 15 is 0 Å². The summed E-state index contributed by atoms with van der Waals surface area (Å²) in [6.45, 7) is 8.74. The first-order valence-corrected chi connectivity index (χ1v) is 16.5. The van der Waals surface area contributed by atoms with Crippen molar-refractivity contribution in [2.75, 3.05) is 11.6 Å². The third-order valence-electron chi connectivity index (χ3n) is 8.54. The lowest BCUT2D eigenvalue weighted by molar-refractivity contribution is -0.719.